The fraction of sp³-hybridized carbons (Fsp3) is 0.273. The molecule has 0 saturated carbocycles. The van der Waals surface area contributed by atoms with Crippen molar-refractivity contribution >= 4 is 16.0 Å². The minimum absolute atomic E-state index is 0.0252. The van der Waals surface area contributed by atoms with Crippen molar-refractivity contribution in [2.24, 2.45) is 5.84 Å². The third-order valence-corrected chi connectivity index (χ3v) is 4.06. The number of anilines is 1. The maximum Gasteiger partial charge on any atom is 0.243 e. The number of sulfonamides is 1. The fourth-order valence-corrected chi connectivity index (χ4v) is 2.77. The van der Waals surface area contributed by atoms with Gasteiger partial charge in [-0.25, -0.2) is 29.0 Å². The van der Waals surface area contributed by atoms with Crippen molar-refractivity contribution < 1.29 is 12.8 Å². The number of rotatable bonds is 6. The van der Waals surface area contributed by atoms with Gasteiger partial charge in [-0.2, -0.15) is 0 Å². The first-order chi connectivity index (χ1) is 9.51. The maximum atomic E-state index is 12.1. The first-order valence-electron chi connectivity index (χ1n) is 5.84. The Hall–Kier alpha value is -1.97. The Kier molecular flexibility index (Phi) is 4.32. The van der Waals surface area contributed by atoms with Crippen molar-refractivity contribution in [2.75, 3.05) is 5.43 Å². The molecule has 1 unspecified atom stereocenters. The predicted octanol–water partition coefficient (Wildman–Crippen LogP) is 0.265. The van der Waals surface area contributed by atoms with E-state index in [4.69, 9.17) is 10.3 Å². The first-order valence-corrected chi connectivity index (χ1v) is 7.33. The zero-order chi connectivity index (χ0) is 14.6. The lowest BCUT2D eigenvalue weighted by Gasteiger charge is -2.12. The molecule has 2 heterocycles. The third-order valence-electron chi connectivity index (χ3n) is 2.51. The smallest absolute Gasteiger partial charge is 0.243 e. The van der Waals surface area contributed by atoms with Gasteiger partial charge in [0.25, 0.3) is 0 Å². The number of hydrazine groups is 1. The van der Waals surface area contributed by atoms with Crippen LogP contribution in [-0.4, -0.2) is 24.4 Å². The van der Waals surface area contributed by atoms with Crippen LogP contribution in [0.3, 0.4) is 0 Å². The van der Waals surface area contributed by atoms with Gasteiger partial charge in [0.2, 0.25) is 16.0 Å². The topological polar surface area (TPSA) is 123 Å². The van der Waals surface area contributed by atoms with E-state index < -0.39 is 10.0 Å². The number of nitrogens with zero attached hydrogens (tertiary/aromatic N) is 2. The highest BCUT2D eigenvalue weighted by atomic mass is 32.2. The second-order valence-corrected chi connectivity index (χ2v) is 5.91. The largest absolute Gasteiger partial charge is 0.469 e. The normalized spacial score (nSPS) is 13.1. The number of furan rings is 1. The Balaban J connectivity index is 2.05. The lowest BCUT2D eigenvalue weighted by atomic mass is 10.2. The van der Waals surface area contributed by atoms with Crippen LogP contribution in [-0.2, 0) is 16.4 Å². The predicted molar refractivity (Wildman–Crippen MR) is 72.0 cm³/mol. The van der Waals surface area contributed by atoms with Gasteiger partial charge in [0.15, 0.2) is 0 Å². The van der Waals surface area contributed by atoms with Gasteiger partial charge in [-0.15, -0.1) is 0 Å². The highest BCUT2D eigenvalue weighted by Gasteiger charge is 2.19. The molecule has 0 spiro atoms. The van der Waals surface area contributed by atoms with E-state index in [9.17, 15) is 8.42 Å². The quantitative estimate of drug-likeness (QED) is 0.516. The monoisotopic (exact) mass is 297 g/mol. The molecule has 0 amide bonds. The van der Waals surface area contributed by atoms with Crippen LogP contribution in [0.4, 0.5) is 5.95 Å². The van der Waals surface area contributed by atoms with E-state index >= 15 is 0 Å². The molecule has 0 aliphatic rings. The average Bonchev–Trinajstić information content (AvgIpc) is 2.91. The van der Waals surface area contributed by atoms with Crippen LogP contribution in [0.25, 0.3) is 0 Å². The van der Waals surface area contributed by atoms with Gasteiger partial charge in [-0.1, -0.05) is 0 Å². The summed E-state index contributed by atoms with van der Waals surface area (Å²) in [6.07, 6.45) is 4.37. The highest BCUT2D eigenvalue weighted by molar-refractivity contribution is 7.89. The van der Waals surface area contributed by atoms with Crippen molar-refractivity contribution in [1.29, 1.82) is 0 Å². The molecule has 8 nitrogen and oxygen atoms in total. The highest BCUT2D eigenvalue weighted by Crippen LogP contribution is 2.10. The molecule has 0 bridgehead atoms. The summed E-state index contributed by atoms with van der Waals surface area (Å²) in [7, 11) is -3.67. The van der Waals surface area contributed by atoms with Crippen LogP contribution < -0.4 is 16.0 Å². The molecule has 2 aromatic heterocycles. The molecule has 0 aliphatic heterocycles. The second-order valence-electron chi connectivity index (χ2n) is 4.19. The summed E-state index contributed by atoms with van der Waals surface area (Å²) < 4.78 is 31.9. The molecule has 2 rings (SSSR count). The molecule has 0 aliphatic carbocycles. The molecular formula is C11H15N5O3S. The summed E-state index contributed by atoms with van der Waals surface area (Å²) >= 11 is 0. The summed E-state index contributed by atoms with van der Waals surface area (Å²) in [6, 6.07) is 3.22. The molecule has 9 heteroatoms. The van der Waals surface area contributed by atoms with Crippen molar-refractivity contribution in [1.82, 2.24) is 14.7 Å². The molecule has 20 heavy (non-hydrogen) atoms. The Bertz CT molecular complexity index is 639. The standard InChI is InChI=1S/C11H15N5O3S/c1-8(5-9-3-2-4-19-9)16-20(17,18)10-6-13-11(15-12)14-7-10/h2-4,6-8,16H,5,12H2,1H3,(H,13,14,15). The molecule has 2 aromatic rings. The van der Waals surface area contributed by atoms with Crippen LogP contribution in [0.1, 0.15) is 12.7 Å². The molecule has 0 saturated heterocycles. The van der Waals surface area contributed by atoms with E-state index in [0.29, 0.717) is 12.2 Å². The van der Waals surface area contributed by atoms with Gasteiger partial charge >= 0.3 is 0 Å². The van der Waals surface area contributed by atoms with Crippen molar-refractivity contribution in [2.45, 2.75) is 24.3 Å². The van der Waals surface area contributed by atoms with Crippen LogP contribution in [0.15, 0.2) is 40.1 Å². The first kappa shape index (κ1) is 14.4. The summed E-state index contributed by atoms with van der Waals surface area (Å²) in [5, 5.41) is 0. The zero-order valence-electron chi connectivity index (χ0n) is 10.8. The van der Waals surface area contributed by atoms with Gasteiger partial charge in [-0.05, 0) is 19.1 Å². The summed E-state index contributed by atoms with van der Waals surface area (Å²) in [6.45, 7) is 1.75. The molecule has 108 valence electrons. The molecule has 0 aromatic carbocycles. The lowest BCUT2D eigenvalue weighted by Crippen LogP contribution is -2.34. The van der Waals surface area contributed by atoms with Gasteiger partial charge in [0.05, 0.1) is 18.7 Å². The van der Waals surface area contributed by atoms with E-state index in [1.165, 1.54) is 12.4 Å². The molecule has 0 radical (unpaired) electrons. The second kappa shape index (κ2) is 5.99. The molecule has 1 atom stereocenters. The van der Waals surface area contributed by atoms with Crippen LogP contribution in [0, 0.1) is 0 Å². The van der Waals surface area contributed by atoms with Gasteiger partial charge in [0.1, 0.15) is 10.7 Å². The summed E-state index contributed by atoms with van der Waals surface area (Å²) in [5.74, 6) is 5.97. The molecule has 0 fully saturated rings. The van der Waals surface area contributed by atoms with E-state index in [0.717, 1.165) is 0 Å². The van der Waals surface area contributed by atoms with E-state index in [2.05, 4.69) is 20.1 Å². The maximum absolute atomic E-state index is 12.1. The number of nitrogen functional groups attached to an aromatic ring is 1. The van der Waals surface area contributed by atoms with E-state index in [-0.39, 0.29) is 16.9 Å². The lowest BCUT2D eigenvalue weighted by molar-refractivity contribution is 0.479. The van der Waals surface area contributed by atoms with Gasteiger partial charge < -0.3 is 4.42 Å². The van der Waals surface area contributed by atoms with Gasteiger partial charge in [0, 0.05) is 12.5 Å². The SMILES string of the molecule is CC(Cc1ccco1)NS(=O)(=O)c1cnc(NN)nc1. The Morgan fingerprint density at radius 3 is 2.65 bits per heavy atom. The van der Waals surface area contributed by atoms with Crippen LogP contribution in [0.5, 0.6) is 0 Å². The van der Waals surface area contributed by atoms with Crippen molar-refractivity contribution in [3.05, 3.63) is 36.5 Å². The number of nitrogens with one attached hydrogen (secondary N) is 2. The van der Waals surface area contributed by atoms with E-state index in [1.807, 2.05) is 0 Å². The summed E-state index contributed by atoms with van der Waals surface area (Å²) in [4.78, 5) is 7.50. The number of hydrogen-bond acceptors (Lipinski definition) is 7. The summed E-state index contributed by atoms with van der Waals surface area (Å²) in [5.41, 5.74) is 2.23. The van der Waals surface area contributed by atoms with Crippen molar-refractivity contribution in [3.8, 4) is 0 Å². The Morgan fingerprint density at radius 2 is 2.10 bits per heavy atom. The Morgan fingerprint density at radius 1 is 1.40 bits per heavy atom. The zero-order valence-corrected chi connectivity index (χ0v) is 11.6. The molecular weight excluding hydrogens is 282 g/mol. The van der Waals surface area contributed by atoms with Gasteiger partial charge in [-0.3, -0.25) is 5.43 Å². The Labute approximate surface area is 116 Å². The van der Waals surface area contributed by atoms with E-state index in [1.54, 1.807) is 25.3 Å². The molecule has 4 N–H and O–H groups in total. The van der Waals surface area contributed by atoms with Crippen molar-refractivity contribution in [3.63, 3.8) is 0 Å². The van der Waals surface area contributed by atoms with Crippen LogP contribution in [0.2, 0.25) is 0 Å². The number of hydrogen-bond donors (Lipinski definition) is 3. The third kappa shape index (κ3) is 3.53. The minimum Gasteiger partial charge on any atom is -0.469 e. The average molecular weight is 297 g/mol. The fourth-order valence-electron chi connectivity index (χ4n) is 1.63. The number of aromatic nitrogens is 2. The number of nitrogens with two attached hydrogens (primary N) is 1. The minimum atomic E-state index is -3.67. The van der Waals surface area contributed by atoms with Crippen LogP contribution >= 0.6 is 0 Å².